The smallest absolute Gasteiger partial charge is 0.338 e. The average molecular weight is 481 g/mol. The highest BCUT2D eigenvalue weighted by atomic mass is 32.1. The van der Waals surface area contributed by atoms with Crippen molar-refractivity contribution in [1.82, 2.24) is 4.98 Å². The number of aliphatic hydroxyl groups is 2. The number of carbonyl (C=O) groups is 1. The van der Waals surface area contributed by atoms with Crippen molar-refractivity contribution >= 4 is 17.3 Å². The molecule has 0 amide bonds. The average Bonchev–Trinajstić information content (AvgIpc) is 3.61. The van der Waals surface area contributed by atoms with Gasteiger partial charge < -0.3 is 29.8 Å². The molecule has 3 heterocycles. The molecule has 0 atom stereocenters. The Labute approximate surface area is 200 Å². The fraction of sp³-hybridized carbons (Fsp3) is 0.200. The van der Waals surface area contributed by atoms with Crippen LogP contribution in [0.5, 0.6) is 5.88 Å². The highest BCUT2D eigenvalue weighted by Crippen LogP contribution is 2.31. The highest BCUT2D eigenvalue weighted by molar-refractivity contribution is 7.13. The summed E-state index contributed by atoms with van der Waals surface area (Å²) in [4.78, 5) is 17.9. The molecule has 0 radical (unpaired) electrons. The van der Waals surface area contributed by atoms with Crippen molar-refractivity contribution in [2.24, 2.45) is 5.73 Å². The maximum absolute atomic E-state index is 12.2. The molecule has 176 valence electrons. The van der Waals surface area contributed by atoms with Gasteiger partial charge in [0.05, 0.1) is 41.2 Å². The van der Waals surface area contributed by atoms with E-state index in [1.54, 1.807) is 41.9 Å². The van der Waals surface area contributed by atoms with E-state index in [4.69, 9.17) is 19.6 Å². The SMILES string of the molecule is NC(CO)(CO)COC(=O)c1ccc(COc2cc(-c3ccco3)cc(-c3cccs3)n2)cc1. The second kappa shape index (κ2) is 10.6. The molecule has 4 N–H and O–H groups in total. The van der Waals surface area contributed by atoms with Crippen LogP contribution in [0.2, 0.25) is 0 Å². The number of pyridine rings is 1. The Balaban J connectivity index is 1.44. The minimum atomic E-state index is -1.37. The molecule has 0 saturated carbocycles. The molecule has 0 saturated heterocycles. The van der Waals surface area contributed by atoms with Crippen LogP contribution in [-0.2, 0) is 11.3 Å². The van der Waals surface area contributed by atoms with Crippen LogP contribution in [0.3, 0.4) is 0 Å². The van der Waals surface area contributed by atoms with Gasteiger partial charge in [0, 0.05) is 11.6 Å². The lowest BCUT2D eigenvalue weighted by atomic mass is 10.1. The Morgan fingerprint density at radius 3 is 2.53 bits per heavy atom. The number of furan rings is 1. The molecule has 3 aromatic heterocycles. The van der Waals surface area contributed by atoms with E-state index in [0.717, 1.165) is 27.5 Å². The first-order valence-corrected chi connectivity index (χ1v) is 11.4. The molecular formula is C25H24N2O6S. The monoisotopic (exact) mass is 480 g/mol. The zero-order valence-electron chi connectivity index (χ0n) is 18.2. The number of aromatic nitrogens is 1. The minimum Gasteiger partial charge on any atom is -0.473 e. The minimum absolute atomic E-state index is 0.245. The van der Waals surface area contributed by atoms with Gasteiger partial charge in [0.1, 0.15) is 19.0 Å². The zero-order valence-corrected chi connectivity index (χ0v) is 19.0. The first-order valence-electron chi connectivity index (χ1n) is 10.5. The molecule has 0 aliphatic heterocycles. The van der Waals surface area contributed by atoms with Crippen LogP contribution in [0.25, 0.3) is 21.9 Å². The number of esters is 1. The second-order valence-electron chi connectivity index (χ2n) is 7.77. The number of carbonyl (C=O) groups excluding carboxylic acids is 1. The molecule has 4 aromatic rings. The van der Waals surface area contributed by atoms with E-state index < -0.39 is 24.7 Å². The van der Waals surface area contributed by atoms with Gasteiger partial charge in [0.15, 0.2) is 0 Å². The van der Waals surface area contributed by atoms with Crippen molar-refractivity contribution < 1.29 is 28.9 Å². The van der Waals surface area contributed by atoms with Gasteiger partial charge in [-0.25, -0.2) is 9.78 Å². The van der Waals surface area contributed by atoms with Crippen molar-refractivity contribution in [3.8, 4) is 27.8 Å². The van der Waals surface area contributed by atoms with Gasteiger partial charge in [-0.3, -0.25) is 0 Å². The summed E-state index contributed by atoms with van der Waals surface area (Å²) in [6.07, 6.45) is 1.62. The lowest BCUT2D eigenvalue weighted by Gasteiger charge is -2.23. The summed E-state index contributed by atoms with van der Waals surface area (Å²) < 4.78 is 16.6. The third-order valence-electron chi connectivity index (χ3n) is 5.08. The number of nitrogens with zero attached hydrogens (tertiary/aromatic N) is 1. The molecule has 9 heteroatoms. The van der Waals surface area contributed by atoms with Crippen LogP contribution >= 0.6 is 11.3 Å². The molecular weight excluding hydrogens is 456 g/mol. The Morgan fingerprint density at radius 1 is 1.09 bits per heavy atom. The number of thiophene rings is 1. The standard InChI is InChI=1S/C25H24N2O6S/c26-25(14-28,15-29)16-33-24(30)18-7-5-17(6-8-18)13-32-23-12-19(21-3-1-9-31-21)11-20(27-23)22-4-2-10-34-22/h1-12,28-29H,13-16,26H2. The molecule has 34 heavy (non-hydrogen) atoms. The zero-order chi connectivity index (χ0) is 24.0. The molecule has 0 fully saturated rings. The van der Waals surface area contributed by atoms with Crippen molar-refractivity contribution in [2.45, 2.75) is 12.1 Å². The summed E-state index contributed by atoms with van der Waals surface area (Å²) in [6, 6.07) is 18.2. The van der Waals surface area contributed by atoms with Gasteiger partial charge in [-0.2, -0.15) is 0 Å². The summed E-state index contributed by atoms with van der Waals surface area (Å²) in [5, 5.41) is 20.4. The maximum Gasteiger partial charge on any atom is 0.338 e. The predicted molar refractivity (Wildman–Crippen MR) is 127 cm³/mol. The Bertz CT molecular complexity index is 1150. The van der Waals surface area contributed by atoms with E-state index in [2.05, 4.69) is 4.98 Å². The van der Waals surface area contributed by atoms with Crippen LogP contribution in [0.15, 0.2) is 76.7 Å². The molecule has 0 spiro atoms. The molecule has 0 aliphatic carbocycles. The lowest BCUT2D eigenvalue weighted by molar-refractivity contribution is 0.0210. The third-order valence-corrected chi connectivity index (χ3v) is 5.97. The Hall–Kier alpha value is -3.50. The van der Waals surface area contributed by atoms with E-state index in [1.807, 2.05) is 41.8 Å². The second-order valence-corrected chi connectivity index (χ2v) is 8.72. The van der Waals surface area contributed by atoms with Gasteiger partial charge in [-0.05, 0) is 47.3 Å². The van der Waals surface area contributed by atoms with Gasteiger partial charge >= 0.3 is 5.97 Å². The number of aliphatic hydroxyl groups excluding tert-OH is 2. The summed E-state index contributed by atoms with van der Waals surface area (Å²) in [7, 11) is 0. The van der Waals surface area contributed by atoms with Crippen LogP contribution in [0, 0.1) is 0 Å². The molecule has 1 aromatic carbocycles. The number of ether oxygens (including phenoxy) is 2. The van der Waals surface area contributed by atoms with Crippen molar-refractivity contribution in [3.63, 3.8) is 0 Å². The molecule has 8 nitrogen and oxygen atoms in total. The van der Waals surface area contributed by atoms with Crippen LogP contribution in [0.4, 0.5) is 0 Å². The number of hydrogen-bond donors (Lipinski definition) is 3. The topological polar surface area (TPSA) is 128 Å². The van der Waals surface area contributed by atoms with Crippen LogP contribution in [-0.4, -0.2) is 46.5 Å². The first kappa shape index (κ1) is 23.7. The van der Waals surface area contributed by atoms with Gasteiger partial charge in [0.2, 0.25) is 5.88 Å². The van der Waals surface area contributed by atoms with E-state index in [0.29, 0.717) is 11.4 Å². The van der Waals surface area contributed by atoms with Crippen molar-refractivity contribution in [2.75, 3.05) is 19.8 Å². The van der Waals surface area contributed by atoms with E-state index in [9.17, 15) is 15.0 Å². The summed E-state index contributed by atoms with van der Waals surface area (Å²) >= 11 is 1.59. The van der Waals surface area contributed by atoms with Gasteiger partial charge in [0.25, 0.3) is 0 Å². The van der Waals surface area contributed by atoms with E-state index in [-0.39, 0.29) is 13.2 Å². The number of nitrogens with two attached hydrogens (primary N) is 1. The fourth-order valence-corrected chi connectivity index (χ4v) is 3.73. The number of benzene rings is 1. The normalized spacial score (nSPS) is 11.4. The molecule has 0 bridgehead atoms. The van der Waals surface area contributed by atoms with Gasteiger partial charge in [-0.1, -0.05) is 18.2 Å². The number of rotatable bonds is 10. The van der Waals surface area contributed by atoms with E-state index in [1.165, 1.54) is 0 Å². The quantitative estimate of drug-likeness (QED) is 0.294. The first-order chi connectivity index (χ1) is 16.5. The summed E-state index contributed by atoms with van der Waals surface area (Å²) in [5.74, 6) is 0.572. The third kappa shape index (κ3) is 5.70. The summed E-state index contributed by atoms with van der Waals surface area (Å²) in [6.45, 7) is -1.06. The van der Waals surface area contributed by atoms with Crippen molar-refractivity contribution in [1.29, 1.82) is 0 Å². The molecule has 0 unspecified atom stereocenters. The van der Waals surface area contributed by atoms with Gasteiger partial charge in [-0.15, -0.1) is 11.3 Å². The maximum atomic E-state index is 12.2. The molecule has 0 aliphatic rings. The van der Waals surface area contributed by atoms with Crippen LogP contribution < -0.4 is 10.5 Å². The highest BCUT2D eigenvalue weighted by Gasteiger charge is 2.25. The van der Waals surface area contributed by atoms with E-state index >= 15 is 0 Å². The fourth-order valence-electron chi connectivity index (χ4n) is 3.04. The summed E-state index contributed by atoms with van der Waals surface area (Å²) in [5.41, 5.74) is 7.15. The van der Waals surface area contributed by atoms with Crippen molar-refractivity contribution in [3.05, 3.63) is 83.4 Å². The Kier molecular flexibility index (Phi) is 7.39. The lowest BCUT2D eigenvalue weighted by Crippen LogP contribution is -2.51. The predicted octanol–water partition coefficient (Wildman–Crippen LogP) is 3.49. The largest absolute Gasteiger partial charge is 0.473 e. The number of hydrogen-bond acceptors (Lipinski definition) is 9. The Morgan fingerprint density at radius 2 is 1.88 bits per heavy atom. The molecule has 4 rings (SSSR count). The van der Waals surface area contributed by atoms with Crippen LogP contribution in [0.1, 0.15) is 15.9 Å².